The summed E-state index contributed by atoms with van der Waals surface area (Å²) < 4.78 is 6.14. The first-order chi connectivity index (χ1) is 13.8. The van der Waals surface area contributed by atoms with Gasteiger partial charge in [-0.25, -0.2) is 9.97 Å². The number of hydrogen-bond acceptors (Lipinski definition) is 5. The molecule has 4 aromatic rings. The van der Waals surface area contributed by atoms with Crippen LogP contribution in [0.5, 0.6) is 0 Å². The average Bonchev–Trinajstić information content (AvgIpc) is 3.34. The molecule has 0 saturated heterocycles. The van der Waals surface area contributed by atoms with Gasteiger partial charge in [0.1, 0.15) is 28.5 Å². The summed E-state index contributed by atoms with van der Waals surface area (Å²) in [4.78, 5) is 11.7. The Morgan fingerprint density at radius 3 is 2.82 bits per heavy atom. The molecule has 0 amide bonds. The first-order valence-corrected chi connectivity index (χ1v) is 10.8. The zero-order valence-corrected chi connectivity index (χ0v) is 16.8. The van der Waals surface area contributed by atoms with E-state index in [1.165, 1.54) is 46.2 Å². The summed E-state index contributed by atoms with van der Waals surface area (Å²) in [6.45, 7) is 2.75. The minimum absolute atomic E-state index is 0.622. The molecule has 5 rings (SSSR count). The minimum Gasteiger partial charge on any atom is -0.464 e. The van der Waals surface area contributed by atoms with Crippen LogP contribution >= 0.6 is 11.3 Å². The molecule has 142 valence electrons. The minimum atomic E-state index is 0.622. The Hall–Kier alpha value is -2.66. The van der Waals surface area contributed by atoms with Gasteiger partial charge in [0, 0.05) is 16.9 Å². The summed E-state index contributed by atoms with van der Waals surface area (Å²) >= 11 is 1.83. The van der Waals surface area contributed by atoms with E-state index >= 15 is 0 Å². The van der Waals surface area contributed by atoms with Gasteiger partial charge in [0.2, 0.25) is 0 Å². The highest BCUT2D eigenvalue weighted by Crippen LogP contribution is 2.38. The fourth-order valence-electron chi connectivity index (χ4n) is 4.09. The van der Waals surface area contributed by atoms with Crippen molar-refractivity contribution in [1.29, 1.82) is 0 Å². The van der Waals surface area contributed by atoms with Crippen molar-refractivity contribution < 1.29 is 4.42 Å². The molecule has 0 spiro atoms. The number of hydrogen-bond donors (Lipinski definition) is 1. The maximum absolute atomic E-state index is 6.14. The summed E-state index contributed by atoms with van der Waals surface area (Å²) in [6, 6.07) is 12.6. The van der Waals surface area contributed by atoms with E-state index in [2.05, 4.69) is 52.5 Å². The Morgan fingerprint density at radius 1 is 1.11 bits per heavy atom. The van der Waals surface area contributed by atoms with Crippen molar-refractivity contribution in [2.45, 2.75) is 45.6 Å². The van der Waals surface area contributed by atoms with Crippen molar-refractivity contribution >= 4 is 27.4 Å². The lowest BCUT2D eigenvalue weighted by Crippen LogP contribution is -2.04. The lowest BCUT2D eigenvalue weighted by molar-refractivity contribution is 0.476. The average molecular weight is 390 g/mol. The van der Waals surface area contributed by atoms with E-state index in [1.807, 2.05) is 17.4 Å². The SMILES string of the molecule is CCc1oc(CNc2ncnc3sc4c(c23)CCCC4)cc1-c1ccccc1. The van der Waals surface area contributed by atoms with Gasteiger partial charge in [0.05, 0.1) is 11.9 Å². The highest BCUT2D eigenvalue weighted by molar-refractivity contribution is 7.19. The van der Waals surface area contributed by atoms with Gasteiger partial charge in [-0.1, -0.05) is 37.3 Å². The number of aromatic nitrogens is 2. The molecular formula is C23H23N3OS. The second kappa shape index (κ2) is 7.40. The number of anilines is 1. The third kappa shape index (κ3) is 3.10. The smallest absolute Gasteiger partial charge is 0.138 e. The number of fused-ring (bicyclic) bond motifs is 3. The molecule has 0 saturated carbocycles. The van der Waals surface area contributed by atoms with Gasteiger partial charge in [-0.05, 0) is 42.9 Å². The Balaban J connectivity index is 1.44. The zero-order chi connectivity index (χ0) is 18.9. The van der Waals surface area contributed by atoms with Crippen LogP contribution in [0.25, 0.3) is 21.3 Å². The van der Waals surface area contributed by atoms with Crippen LogP contribution < -0.4 is 5.32 Å². The highest BCUT2D eigenvalue weighted by Gasteiger charge is 2.20. The van der Waals surface area contributed by atoms with Gasteiger partial charge in [-0.15, -0.1) is 11.3 Å². The van der Waals surface area contributed by atoms with Crippen molar-refractivity contribution in [3.8, 4) is 11.1 Å². The standard InChI is InChI=1S/C23H23N3OS/c1-2-19-18(15-8-4-3-5-9-15)12-16(27-19)13-24-22-21-17-10-6-7-11-20(17)28-23(21)26-14-25-22/h3-5,8-9,12,14H,2,6-7,10-11,13H2,1H3,(H,24,25,26). The van der Waals surface area contributed by atoms with Crippen molar-refractivity contribution in [2.75, 3.05) is 5.32 Å². The third-order valence-electron chi connectivity index (χ3n) is 5.45. The first kappa shape index (κ1) is 17.4. The second-order valence-electron chi connectivity index (χ2n) is 7.24. The largest absolute Gasteiger partial charge is 0.464 e. The normalized spacial score (nSPS) is 13.6. The van der Waals surface area contributed by atoms with Crippen LogP contribution in [0.3, 0.4) is 0 Å². The molecule has 0 atom stereocenters. The fourth-order valence-corrected chi connectivity index (χ4v) is 5.32. The Morgan fingerprint density at radius 2 is 1.96 bits per heavy atom. The van der Waals surface area contributed by atoms with Gasteiger partial charge in [0.15, 0.2) is 0 Å². The molecule has 0 fully saturated rings. The Kier molecular flexibility index (Phi) is 4.61. The molecule has 28 heavy (non-hydrogen) atoms. The van der Waals surface area contributed by atoms with Crippen molar-refractivity contribution in [2.24, 2.45) is 0 Å². The van der Waals surface area contributed by atoms with Crippen LogP contribution in [0.1, 0.15) is 41.7 Å². The molecule has 1 aliphatic carbocycles. The van der Waals surface area contributed by atoms with Crippen LogP contribution in [0, 0.1) is 0 Å². The van der Waals surface area contributed by atoms with Crippen LogP contribution in [-0.4, -0.2) is 9.97 Å². The summed E-state index contributed by atoms with van der Waals surface area (Å²) in [6.07, 6.45) is 7.39. The Labute approximate surface area is 168 Å². The second-order valence-corrected chi connectivity index (χ2v) is 8.32. The maximum atomic E-state index is 6.14. The molecule has 0 unspecified atom stereocenters. The summed E-state index contributed by atoms with van der Waals surface area (Å²) in [7, 11) is 0. The van der Waals surface area contributed by atoms with Crippen LogP contribution in [0.15, 0.2) is 47.1 Å². The van der Waals surface area contributed by atoms with Gasteiger partial charge in [0.25, 0.3) is 0 Å². The fraction of sp³-hybridized carbons (Fsp3) is 0.304. The van der Waals surface area contributed by atoms with Gasteiger partial charge < -0.3 is 9.73 Å². The van der Waals surface area contributed by atoms with Crippen LogP contribution in [0.2, 0.25) is 0 Å². The first-order valence-electron chi connectivity index (χ1n) is 9.99. The van der Waals surface area contributed by atoms with Gasteiger partial charge >= 0.3 is 0 Å². The highest BCUT2D eigenvalue weighted by atomic mass is 32.1. The Bertz CT molecular complexity index is 1110. The summed E-state index contributed by atoms with van der Waals surface area (Å²) in [5.74, 6) is 2.90. The van der Waals surface area contributed by atoms with E-state index in [9.17, 15) is 0 Å². The van der Waals surface area contributed by atoms with E-state index in [1.54, 1.807) is 6.33 Å². The number of aryl methyl sites for hydroxylation is 3. The molecule has 0 aliphatic heterocycles. The lowest BCUT2D eigenvalue weighted by Gasteiger charge is -2.12. The lowest BCUT2D eigenvalue weighted by atomic mass is 9.97. The molecular weight excluding hydrogens is 366 g/mol. The van der Waals surface area contributed by atoms with E-state index in [0.29, 0.717) is 6.54 Å². The topological polar surface area (TPSA) is 51.0 Å². The number of nitrogens with zero attached hydrogens (tertiary/aromatic N) is 2. The zero-order valence-electron chi connectivity index (χ0n) is 16.0. The molecule has 1 N–H and O–H groups in total. The molecule has 3 aromatic heterocycles. The van der Waals surface area contributed by atoms with Crippen LogP contribution in [0.4, 0.5) is 5.82 Å². The molecule has 0 bridgehead atoms. The summed E-state index contributed by atoms with van der Waals surface area (Å²) in [5, 5.41) is 4.73. The van der Waals surface area contributed by atoms with E-state index in [-0.39, 0.29) is 0 Å². The van der Waals surface area contributed by atoms with Gasteiger partial charge in [-0.3, -0.25) is 0 Å². The van der Waals surface area contributed by atoms with Crippen molar-refractivity contribution in [1.82, 2.24) is 9.97 Å². The summed E-state index contributed by atoms with van der Waals surface area (Å²) in [5.41, 5.74) is 3.83. The third-order valence-corrected chi connectivity index (χ3v) is 6.65. The quantitative estimate of drug-likeness (QED) is 0.454. The number of rotatable bonds is 5. The molecule has 3 heterocycles. The number of nitrogens with one attached hydrogen (secondary N) is 1. The number of thiophene rings is 1. The molecule has 0 radical (unpaired) electrons. The number of benzene rings is 1. The molecule has 5 heteroatoms. The molecule has 1 aromatic carbocycles. The van der Waals surface area contributed by atoms with Gasteiger partial charge in [-0.2, -0.15) is 0 Å². The van der Waals surface area contributed by atoms with Crippen molar-refractivity contribution in [3.05, 3.63) is 64.7 Å². The number of furan rings is 1. The van der Waals surface area contributed by atoms with E-state index in [0.717, 1.165) is 35.0 Å². The maximum Gasteiger partial charge on any atom is 0.138 e. The van der Waals surface area contributed by atoms with Crippen LogP contribution in [-0.2, 0) is 25.8 Å². The van der Waals surface area contributed by atoms with E-state index < -0.39 is 0 Å². The molecule has 4 nitrogen and oxygen atoms in total. The van der Waals surface area contributed by atoms with E-state index in [4.69, 9.17) is 4.42 Å². The molecule has 1 aliphatic rings. The van der Waals surface area contributed by atoms with Crippen molar-refractivity contribution in [3.63, 3.8) is 0 Å². The predicted molar refractivity (Wildman–Crippen MR) is 115 cm³/mol. The monoisotopic (exact) mass is 389 g/mol. The predicted octanol–water partition coefficient (Wildman–Crippen LogP) is 6.00.